The van der Waals surface area contributed by atoms with Gasteiger partial charge in [0.1, 0.15) is 0 Å². The number of nitrogens with one attached hydrogen (secondary N) is 1. The fraction of sp³-hybridized carbons (Fsp3) is 0.263. The minimum absolute atomic E-state index is 0.0423. The molecule has 2 atom stereocenters. The molecule has 0 unspecified atom stereocenters. The monoisotopic (exact) mass is 310 g/mol. The second-order valence-corrected chi connectivity index (χ2v) is 5.51. The van der Waals surface area contributed by atoms with Crippen molar-refractivity contribution in [3.63, 3.8) is 0 Å². The molecule has 23 heavy (non-hydrogen) atoms. The molecule has 0 spiro atoms. The molecule has 2 aromatic carbocycles. The van der Waals surface area contributed by atoms with Crippen molar-refractivity contribution in [2.24, 2.45) is 0 Å². The highest BCUT2D eigenvalue weighted by molar-refractivity contribution is 5.88. The van der Waals surface area contributed by atoms with E-state index in [-0.39, 0.29) is 24.5 Å². The van der Waals surface area contributed by atoms with E-state index in [1.54, 1.807) is 0 Å². The minimum Gasteiger partial charge on any atom is -0.302 e. The SMILES string of the molecule is C[C@H](c1ccccc1)N(C=O)C(=O)CN[C@H](C)c1ccccc1. The lowest BCUT2D eigenvalue weighted by Gasteiger charge is -2.24. The molecule has 1 N–H and O–H groups in total. The quantitative estimate of drug-likeness (QED) is 0.800. The number of amides is 2. The Hall–Kier alpha value is -2.46. The van der Waals surface area contributed by atoms with Gasteiger partial charge in [-0.2, -0.15) is 0 Å². The van der Waals surface area contributed by atoms with Crippen molar-refractivity contribution in [2.45, 2.75) is 25.9 Å². The van der Waals surface area contributed by atoms with Crippen molar-refractivity contribution in [3.05, 3.63) is 71.8 Å². The van der Waals surface area contributed by atoms with Crippen LogP contribution in [0.2, 0.25) is 0 Å². The van der Waals surface area contributed by atoms with Gasteiger partial charge in [-0.3, -0.25) is 14.5 Å². The molecule has 120 valence electrons. The van der Waals surface area contributed by atoms with Crippen LogP contribution in [0.15, 0.2) is 60.7 Å². The van der Waals surface area contributed by atoms with Crippen LogP contribution in [0.4, 0.5) is 0 Å². The van der Waals surface area contributed by atoms with Crippen LogP contribution in [0.1, 0.15) is 37.1 Å². The molecule has 0 aliphatic rings. The Bertz CT molecular complexity index is 628. The summed E-state index contributed by atoms with van der Waals surface area (Å²) >= 11 is 0. The Kier molecular flexibility index (Phi) is 6.06. The van der Waals surface area contributed by atoms with E-state index in [0.29, 0.717) is 6.41 Å². The Balaban J connectivity index is 1.96. The fourth-order valence-corrected chi connectivity index (χ4v) is 2.45. The zero-order valence-electron chi connectivity index (χ0n) is 13.5. The Morgan fingerprint density at radius 2 is 1.52 bits per heavy atom. The van der Waals surface area contributed by atoms with Crippen molar-refractivity contribution in [1.82, 2.24) is 10.2 Å². The van der Waals surface area contributed by atoms with Gasteiger partial charge in [0, 0.05) is 6.04 Å². The van der Waals surface area contributed by atoms with Crippen LogP contribution in [0.25, 0.3) is 0 Å². The van der Waals surface area contributed by atoms with Gasteiger partial charge in [-0.25, -0.2) is 0 Å². The molecule has 2 aromatic rings. The van der Waals surface area contributed by atoms with Crippen LogP contribution in [0, 0.1) is 0 Å². The smallest absolute Gasteiger partial charge is 0.243 e. The molecule has 4 heteroatoms. The zero-order valence-corrected chi connectivity index (χ0v) is 13.5. The summed E-state index contributed by atoms with van der Waals surface area (Å²) in [7, 11) is 0. The highest BCUT2D eigenvalue weighted by Crippen LogP contribution is 2.18. The van der Waals surface area contributed by atoms with E-state index in [1.165, 1.54) is 4.90 Å². The summed E-state index contributed by atoms with van der Waals surface area (Å²) in [5, 5.41) is 3.17. The molecule has 0 bridgehead atoms. The molecular formula is C19H22N2O2. The molecule has 0 saturated carbocycles. The topological polar surface area (TPSA) is 49.4 Å². The molecule has 0 radical (unpaired) electrons. The Labute approximate surface area is 137 Å². The first-order chi connectivity index (χ1) is 11.1. The molecular weight excluding hydrogens is 288 g/mol. The van der Waals surface area contributed by atoms with Crippen LogP contribution in [-0.4, -0.2) is 23.8 Å². The largest absolute Gasteiger partial charge is 0.302 e. The van der Waals surface area contributed by atoms with Gasteiger partial charge in [0.2, 0.25) is 12.3 Å². The first kappa shape index (κ1) is 16.9. The van der Waals surface area contributed by atoms with E-state index in [0.717, 1.165) is 11.1 Å². The summed E-state index contributed by atoms with van der Waals surface area (Å²) < 4.78 is 0. The number of hydrogen-bond acceptors (Lipinski definition) is 3. The highest BCUT2D eigenvalue weighted by Gasteiger charge is 2.21. The first-order valence-electron chi connectivity index (χ1n) is 7.73. The van der Waals surface area contributed by atoms with Crippen molar-refractivity contribution in [1.29, 1.82) is 0 Å². The first-order valence-corrected chi connectivity index (χ1v) is 7.73. The summed E-state index contributed by atoms with van der Waals surface area (Å²) in [5.41, 5.74) is 2.04. The number of imide groups is 1. The predicted molar refractivity (Wildman–Crippen MR) is 90.6 cm³/mol. The fourth-order valence-electron chi connectivity index (χ4n) is 2.45. The van der Waals surface area contributed by atoms with Crippen LogP contribution < -0.4 is 5.32 Å². The van der Waals surface area contributed by atoms with Gasteiger partial charge < -0.3 is 5.32 Å². The van der Waals surface area contributed by atoms with Crippen LogP contribution in [0.5, 0.6) is 0 Å². The number of hydrogen-bond donors (Lipinski definition) is 1. The zero-order chi connectivity index (χ0) is 16.7. The van der Waals surface area contributed by atoms with E-state index < -0.39 is 0 Å². The van der Waals surface area contributed by atoms with E-state index in [4.69, 9.17) is 0 Å². The molecule has 0 saturated heterocycles. The molecule has 4 nitrogen and oxygen atoms in total. The maximum Gasteiger partial charge on any atom is 0.243 e. The van der Waals surface area contributed by atoms with Crippen LogP contribution in [0.3, 0.4) is 0 Å². The number of rotatable bonds is 7. The molecule has 0 aliphatic carbocycles. The summed E-state index contributed by atoms with van der Waals surface area (Å²) in [5.74, 6) is -0.237. The van der Waals surface area contributed by atoms with Gasteiger partial charge in [0.25, 0.3) is 0 Å². The minimum atomic E-state index is -0.282. The van der Waals surface area contributed by atoms with Crippen molar-refractivity contribution in [3.8, 4) is 0 Å². The summed E-state index contributed by atoms with van der Waals surface area (Å²) in [6.07, 6.45) is 0.606. The Morgan fingerprint density at radius 3 is 2.04 bits per heavy atom. The molecule has 2 rings (SSSR count). The predicted octanol–water partition coefficient (Wildman–Crippen LogP) is 3.08. The number of nitrogens with zero attached hydrogens (tertiary/aromatic N) is 1. The molecule has 0 aliphatic heterocycles. The standard InChI is InChI=1S/C19H22N2O2/c1-15(17-9-5-3-6-10-17)20-13-19(23)21(14-22)16(2)18-11-7-4-8-12-18/h3-12,14-16,20H,13H2,1-2H3/t15-,16-/m1/s1. The molecule has 2 amide bonds. The van der Waals surface area contributed by atoms with Crippen LogP contribution in [-0.2, 0) is 9.59 Å². The summed E-state index contributed by atoms with van der Waals surface area (Å²) in [6.45, 7) is 3.96. The maximum atomic E-state index is 12.4. The van der Waals surface area contributed by atoms with E-state index in [9.17, 15) is 9.59 Å². The number of benzene rings is 2. The average molecular weight is 310 g/mol. The van der Waals surface area contributed by atoms with Gasteiger partial charge in [-0.15, -0.1) is 0 Å². The van der Waals surface area contributed by atoms with Crippen molar-refractivity contribution in [2.75, 3.05) is 6.54 Å². The van der Waals surface area contributed by atoms with Gasteiger partial charge in [-0.05, 0) is 25.0 Å². The number of carbonyl (C=O) groups is 2. The van der Waals surface area contributed by atoms with Gasteiger partial charge in [-0.1, -0.05) is 60.7 Å². The lowest BCUT2D eigenvalue weighted by atomic mass is 10.1. The average Bonchev–Trinajstić information content (AvgIpc) is 2.61. The lowest BCUT2D eigenvalue weighted by Crippen LogP contribution is -2.39. The third kappa shape index (κ3) is 4.50. The van der Waals surface area contributed by atoms with Gasteiger partial charge in [0.05, 0.1) is 12.6 Å². The number of carbonyl (C=O) groups excluding carboxylic acids is 2. The van der Waals surface area contributed by atoms with Crippen LogP contribution >= 0.6 is 0 Å². The molecule has 0 heterocycles. The normalized spacial score (nSPS) is 13.1. The summed E-state index contributed by atoms with van der Waals surface area (Å²) in [6, 6.07) is 19.2. The molecule has 0 aromatic heterocycles. The van der Waals surface area contributed by atoms with Gasteiger partial charge in [0.15, 0.2) is 0 Å². The van der Waals surface area contributed by atoms with Crippen molar-refractivity contribution >= 4 is 12.3 Å². The van der Waals surface area contributed by atoms with Crippen molar-refractivity contribution < 1.29 is 9.59 Å². The summed E-state index contributed by atoms with van der Waals surface area (Å²) in [4.78, 5) is 24.9. The third-order valence-electron chi connectivity index (χ3n) is 3.96. The van der Waals surface area contributed by atoms with E-state index in [2.05, 4.69) is 5.32 Å². The highest BCUT2D eigenvalue weighted by atomic mass is 16.2. The third-order valence-corrected chi connectivity index (χ3v) is 3.96. The second-order valence-electron chi connectivity index (χ2n) is 5.51. The molecule has 0 fully saturated rings. The van der Waals surface area contributed by atoms with E-state index in [1.807, 2.05) is 74.5 Å². The van der Waals surface area contributed by atoms with Gasteiger partial charge >= 0.3 is 0 Å². The second kappa shape index (κ2) is 8.25. The Morgan fingerprint density at radius 1 is 1.00 bits per heavy atom. The maximum absolute atomic E-state index is 12.4. The van der Waals surface area contributed by atoms with E-state index >= 15 is 0 Å². The lowest BCUT2D eigenvalue weighted by molar-refractivity contribution is -0.139.